The van der Waals surface area contributed by atoms with Gasteiger partial charge in [-0.15, -0.1) is 0 Å². The minimum Gasteiger partial charge on any atom is -0.450 e. The van der Waals surface area contributed by atoms with Crippen LogP contribution in [0, 0.1) is 10.1 Å². The Morgan fingerprint density at radius 2 is 1.89 bits per heavy atom. The number of hydrogen-bond donors (Lipinski definition) is 1. The molecule has 0 atom stereocenters. The third-order valence-electron chi connectivity index (χ3n) is 3.50. The van der Waals surface area contributed by atoms with Crippen molar-refractivity contribution in [2.75, 3.05) is 11.9 Å². The number of esters is 1. The second kappa shape index (κ2) is 8.31. The fourth-order valence-corrected chi connectivity index (χ4v) is 2.29. The van der Waals surface area contributed by atoms with E-state index in [1.807, 2.05) is 0 Å². The molecule has 0 aliphatic carbocycles. The van der Waals surface area contributed by atoms with E-state index in [0.29, 0.717) is 16.3 Å². The molecule has 0 saturated heterocycles. The molecule has 3 aromatic rings. The van der Waals surface area contributed by atoms with E-state index >= 15 is 0 Å². The first kappa shape index (κ1) is 19.1. The molecule has 142 valence electrons. The van der Waals surface area contributed by atoms with Crippen molar-refractivity contribution in [1.29, 1.82) is 0 Å². The van der Waals surface area contributed by atoms with Gasteiger partial charge in [-0.25, -0.2) is 9.78 Å². The number of nitrogens with one attached hydrogen (secondary N) is 1. The van der Waals surface area contributed by atoms with Crippen LogP contribution in [-0.4, -0.2) is 28.4 Å². The third kappa shape index (κ3) is 4.71. The van der Waals surface area contributed by atoms with Gasteiger partial charge >= 0.3 is 5.97 Å². The van der Waals surface area contributed by atoms with Crippen molar-refractivity contribution < 1.29 is 23.7 Å². The molecule has 10 heteroatoms. The minimum absolute atomic E-state index is 0.0591. The number of nitrogens with zero attached hydrogens (tertiary/aromatic N) is 2. The van der Waals surface area contributed by atoms with Gasteiger partial charge in [-0.3, -0.25) is 14.9 Å². The summed E-state index contributed by atoms with van der Waals surface area (Å²) in [6.07, 6.45) is 1.37. The molecule has 2 aromatic heterocycles. The second-order valence-electron chi connectivity index (χ2n) is 5.45. The Bertz CT molecular complexity index is 1010. The number of carbonyl (C=O) groups excluding carboxylic acids is 2. The van der Waals surface area contributed by atoms with Crippen molar-refractivity contribution in [1.82, 2.24) is 4.98 Å². The van der Waals surface area contributed by atoms with E-state index in [0.717, 1.165) is 0 Å². The van der Waals surface area contributed by atoms with Crippen LogP contribution in [0.3, 0.4) is 0 Å². The van der Waals surface area contributed by atoms with Crippen molar-refractivity contribution in [2.45, 2.75) is 0 Å². The number of nitro groups is 1. The summed E-state index contributed by atoms with van der Waals surface area (Å²) in [4.78, 5) is 37.9. The summed E-state index contributed by atoms with van der Waals surface area (Å²) in [6.45, 7) is -0.531. The van der Waals surface area contributed by atoms with Crippen molar-refractivity contribution in [3.63, 3.8) is 0 Å². The van der Waals surface area contributed by atoms with E-state index in [1.165, 1.54) is 48.7 Å². The van der Waals surface area contributed by atoms with Gasteiger partial charge in [0.05, 0.1) is 9.95 Å². The Hall–Kier alpha value is -3.72. The van der Waals surface area contributed by atoms with Gasteiger partial charge in [0, 0.05) is 23.9 Å². The average Bonchev–Trinajstić information content (AvgIpc) is 3.18. The summed E-state index contributed by atoms with van der Waals surface area (Å²) >= 11 is 5.70. The summed E-state index contributed by atoms with van der Waals surface area (Å²) in [5.74, 6) is -0.913. The van der Waals surface area contributed by atoms with E-state index in [4.69, 9.17) is 20.8 Å². The maximum absolute atomic E-state index is 12.0. The molecule has 1 amide bonds. The van der Waals surface area contributed by atoms with Crippen LogP contribution in [0.15, 0.2) is 59.1 Å². The second-order valence-corrected chi connectivity index (χ2v) is 5.89. The quantitative estimate of drug-likeness (QED) is 0.379. The highest BCUT2D eigenvalue weighted by atomic mass is 35.5. The number of benzene rings is 1. The monoisotopic (exact) mass is 401 g/mol. The Labute approximate surface area is 163 Å². The molecular formula is C18H12ClN3O6. The van der Waals surface area contributed by atoms with Crippen molar-refractivity contribution in [3.8, 4) is 11.3 Å². The predicted molar refractivity (Wildman–Crippen MR) is 99.0 cm³/mol. The number of aromatic nitrogens is 1. The molecule has 0 spiro atoms. The van der Waals surface area contributed by atoms with Crippen molar-refractivity contribution >= 4 is 35.0 Å². The molecule has 0 aliphatic heterocycles. The van der Waals surface area contributed by atoms with Gasteiger partial charge in [0.1, 0.15) is 11.6 Å². The number of hydrogen-bond acceptors (Lipinski definition) is 7. The van der Waals surface area contributed by atoms with Gasteiger partial charge in [-0.1, -0.05) is 11.6 Å². The minimum atomic E-state index is -0.827. The fourth-order valence-electron chi connectivity index (χ4n) is 2.18. The van der Waals surface area contributed by atoms with Crippen molar-refractivity contribution in [3.05, 3.63) is 75.6 Å². The van der Waals surface area contributed by atoms with Crippen molar-refractivity contribution in [2.24, 2.45) is 0 Å². The number of amides is 1. The van der Waals surface area contributed by atoms with Crippen LogP contribution in [0.25, 0.3) is 11.3 Å². The lowest BCUT2D eigenvalue weighted by atomic mass is 10.1. The molecule has 0 bridgehead atoms. The zero-order chi connectivity index (χ0) is 20.1. The van der Waals surface area contributed by atoms with E-state index < -0.39 is 23.4 Å². The lowest BCUT2D eigenvalue weighted by Crippen LogP contribution is -2.21. The molecule has 1 aromatic carbocycles. The molecule has 9 nitrogen and oxygen atoms in total. The molecule has 0 fully saturated rings. The summed E-state index contributed by atoms with van der Waals surface area (Å²) < 4.78 is 10.3. The number of rotatable bonds is 6. The van der Waals surface area contributed by atoms with E-state index in [9.17, 15) is 19.7 Å². The first-order valence-corrected chi connectivity index (χ1v) is 8.23. The maximum Gasteiger partial charge on any atom is 0.374 e. The normalized spacial score (nSPS) is 10.3. The number of pyridine rings is 1. The largest absolute Gasteiger partial charge is 0.450 e. The zero-order valence-corrected chi connectivity index (χ0v) is 14.9. The molecule has 0 saturated carbocycles. The highest BCUT2D eigenvalue weighted by Crippen LogP contribution is 2.24. The molecule has 0 radical (unpaired) electrons. The Balaban J connectivity index is 1.57. The summed E-state index contributed by atoms with van der Waals surface area (Å²) in [5.41, 5.74) is 0.493. The maximum atomic E-state index is 12.0. The summed E-state index contributed by atoms with van der Waals surface area (Å²) in [7, 11) is 0. The first-order valence-electron chi connectivity index (χ1n) is 7.85. The third-order valence-corrected chi connectivity index (χ3v) is 3.72. The first-order chi connectivity index (χ1) is 13.4. The molecule has 1 N–H and O–H groups in total. The number of furan rings is 1. The topological polar surface area (TPSA) is 125 Å². The van der Waals surface area contributed by atoms with E-state index in [1.54, 1.807) is 6.07 Å². The van der Waals surface area contributed by atoms with Gasteiger partial charge in [-0.05, 0) is 36.4 Å². The van der Waals surface area contributed by atoms with Gasteiger partial charge in [0.2, 0.25) is 5.76 Å². The number of halogens is 1. The molecule has 3 rings (SSSR count). The molecule has 0 unspecified atom stereocenters. The molecule has 0 aliphatic rings. The predicted octanol–water partition coefficient (Wildman–Crippen LogP) is 3.70. The van der Waals surface area contributed by atoms with Crippen LogP contribution in [0.1, 0.15) is 10.6 Å². The SMILES string of the molecule is O=C(COC(=O)c1ccc(-c2ccc([N+](=O)[O-])cc2)o1)Nc1ccc(Cl)cn1. The molecule has 28 heavy (non-hydrogen) atoms. The van der Waals surface area contributed by atoms with E-state index in [2.05, 4.69) is 10.3 Å². The van der Waals surface area contributed by atoms with Gasteiger partial charge in [0.15, 0.2) is 6.61 Å². The Kier molecular flexibility index (Phi) is 5.66. The number of ether oxygens (including phenoxy) is 1. The lowest BCUT2D eigenvalue weighted by Gasteiger charge is -2.05. The van der Waals surface area contributed by atoms with Crippen LogP contribution in [0.4, 0.5) is 11.5 Å². The zero-order valence-electron chi connectivity index (χ0n) is 14.1. The Morgan fingerprint density at radius 3 is 2.54 bits per heavy atom. The highest BCUT2D eigenvalue weighted by molar-refractivity contribution is 6.30. The van der Waals surface area contributed by atoms with Crippen LogP contribution >= 0.6 is 11.6 Å². The number of anilines is 1. The summed E-state index contributed by atoms with van der Waals surface area (Å²) in [5, 5.41) is 13.6. The van der Waals surface area contributed by atoms with Gasteiger partial charge in [0.25, 0.3) is 11.6 Å². The molecular weight excluding hydrogens is 390 g/mol. The van der Waals surface area contributed by atoms with Crippen LogP contribution in [0.5, 0.6) is 0 Å². The smallest absolute Gasteiger partial charge is 0.374 e. The molecule has 2 heterocycles. The van der Waals surface area contributed by atoms with Crippen LogP contribution in [-0.2, 0) is 9.53 Å². The summed E-state index contributed by atoms with van der Waals surface area (Å²) in [6, 6.07) is 11.6. The average molecular weight is 402 g/mol. The van der Waals surface area contributed by atoms with E-state index in [-0.39, 0.29) is 17.3 Å². The fraction of sp³-hybridized carbons (Fsp3) is 0.0556. The lowest BCUT2D eigenvalue weighted by molar-refractivity contribution is -0.384. The van der Waals surface area contributed by atoms with Gasteiger partial charge in [-0.2, -0.15) is 0 Å². The number of carbonyl (C=O) groups is 2. The van der Waals surface area contributed by atoms with Crippen LogP contribution < -0.4 is 5.32 Å². The van der Waals surface area contributed by atoms with Crippen LogP contribution in [0.2, 0.25) is 5.02 Å². The number of nitro benzene ring substituents is 1. The standard InChI is InChI=1S/C18H12ClN3O6/c19-12-3-8-16(20-9-12)21-17(23)10-27-18(24)15-7-6-14(28-15)11-1-4-13(5-2-11)22(25)26/h1-9H,10H2,(H,20,21,23). The Morgan fingerprint density at radius 1 is 1.14 bits per heavy atom. The number of non-ortho nitro benzene ring substituents is 1. The highest BCUT2D eigenvalue weighted by Gasteiger charge is 2.16. The van der Waals surface area contributed by atoms with Gasteiger partial charge < -0.3 is 14.5 Å².